The summed E-state index contributed by atoms with van der Waals surface area (Å²) in [5, 5.41) is 3.98. The Labute approximate surface area is 132 Å². The number of nitrogens with two attached hydrogens (primary N) is 1. The maximum atomic E-state index is 6.06. The van der Waals surface area contributed by atoms with Crippen LogP contribution < -0.4 is 5.73 Å². The quantitative estimate of drug-likeness (QED) is 0.553. The molecule has 22 heavy (non-hydrogen) atoms. The Hall–Kier alpha value is -2.59. The topological polar surface area (TPSA) is 51.8 Å². The van der Waals surface area contributed by atoms with Gasteiger partial charge in [0, 0.05) is 10.3 Å². The van der Waals surface area contributed by atoms with Crippen molar-refractivity contribution in [3.8, 4) is 0 Å². The normalized spacial score (nSPS) is 11.1. The van der Waals surface area contributed by atoms with Crippen LogP contribution in [-0.4, -0.2) is 9.97 Å². The predicted octanol–water partition coefficient (Wildman–Crippen LogP) is 4.52. The van der Waals surface area contributed by atoms with Crippen molar-refractivity contribution in [3.05, 3.63) is 66.7 Å². The van der Waals surface area contributed by atoms with Gasteiger partial charge in [-0.2, -0.15) is 0 Å². The average molecular weight is 303 g/mol. The molecule has 0 bridgehead atoms. The lowest BCUT2D eigenvalue weighted by atomic mass is 10.1. The second-order valence-corrected chi connectivity index (χ2v) is 6.00. The van der Waals surface area contributed by atoms with Crippen LogP contribution in [0.4, 0.5) is 5.82 Å². The maximum Gasteiger partial charge on any atom is 0.195 e. The van der Waals surface area contributed by atoms with Gasteiger partial charge < -0.3 is 5.73 Å². The van der Waals surface area contributed by atoms with E-state index < -0.39 is 0 Å². The first-order valence-corrected chi connectivity index (χ1v) is 7.81. The van der Waals surface area contributed by atoms with Crippen molar-refractivity contribution < 1.29 is 0 Å². The van der Waals surface area contributed by atoms with E-state index in [2.05, 4.69) is 40.3 Å². The molecule has 3 aromatic carbocycles. The molecule has 0 aliphatic rings. The summed E-state index contributed by atoms with van der Waals surface area (Å²) in [6.07, 6.45) is 0. The van der Waals surface area contributed by atoms with Crippen molar-refractivity contribution in [1.29, 1.82) is 0 Å². The molecule has 1 heterocycles. The van der Waals surface area contributed by atoms with E-state index >= 15 is 0 Å². The number of benzene rings is 3. The number of aromatic nitrogens is 2. The minimum Gasteiger partial charge on any atom is -0.383 e. The summed E-state index contributed by atoms with van der Waals surface area (Å²) in [6, 6.07) is 22.4. The summed E-state index contributed by atoms with van der Waals surface area (Å²) in [7, 11) is 0. The summed E-state index contributed by atoms with van der Waals surface area (Å²) in [5.41, 5.74) is 6.93. The molecule has 0 saturated carbocycles. The van der Waals surface area contributed by atoms with E-state index in [1.165, 1.54) is 10.8 Å². The molecule has 0 spiro atoms. The summed E-state index contributed by atoms with van der Waals surface area (Å²) >= 11 is 1.54. The van der Waals surface area contributed by atoms with Gasteiger partial charge in [-0.3, -0.25) is 0 Å². The van der Waals surface area contributed by atoms with Crippen LogP contribution in [0.5, 0.6) is 0 Å². The van der Waals surface area contributed by atoms with E-state index in [1.807, 2.05) is 36.4 Å². The molecule has 0 saturated heterocycles. The molecule has 0 aliphatic heterocycles. The fraction of sp³-hybridized carbons (Fsp3) is 0. The molecule has 1 aromatic heterocycles. The molecule has 2 N–H and O–H groups in total. The third-order valence-electron chi connectivity index (χ3n) is 3.56. The number of rotatable bonds is 2. The molecule has 4 aromatic rings. The van der Waals surface area contributed by atoms with Crippen LogP contribution in [0, 0.1) is 0 Å². The largest absolute Gasteiger partial charge is 0.383 e. The van der Waals surface area contributed by atoms with Gasteiger partial charge in [0.05, 0.1) is 5.52 Å². The van der Waals surface area contributed by atoms with E-state index in [4.69, 9.17) is 5.73 Å². The molecular weight excluding hydrogens is 290 g/mol. The van der Waals surface area contributed by atoms with Gasteiger partial charge in [-0.05, 0) is 40.7 Å². The Bertz CT molecular complexity index is 977. The maximum absolute atomic E-state index is 6.06. The minimum atomic E-state index is 0.522. The van der Waals surface area contributed by atoms with Gasteiger partial charge in [0.2, 0.25) is 0 Å². The van der Waals surface area contributed by atoms with Gasteiger partial charge in [-0.15, -0.1) is 0 Å². The van der Waals surface area contributed by atoms with Crippen LogP contribution in [0.15, 0.2) is 76.8 Å². The van der Waals surface area contributed by atoms with Crippen LogP contribution in [0.3, 0.4) is 0 Å². The molecule has 3 nitrogen and oxygen atoms in total. The molecule has 0 atom stereocenters. The van der Waals surface area contributed by atoms with E-state index in [-0.39, 0.29) is 0 Å². The monoisotopic (exact) mass is 303 g/mol. The van der Waals surface area contributed by atoms with E-state index in [1.54, 1.807) is 11.8 Å². The van der Waals surface area contributed by atoms with Crippen molar-refractivity contribution >= 4 is 39.3 Å². The van der Waals surface area contributed by atoms with Crippen molar-refractivity contribution in [2.45, 2.75) is 10.1 Å². The molecule has 4 heteroatoms. The van der Waals surface area contributed by atoms with E-state index in [0.29, 0.717) is 11.0 Å². The van der Waals surface area contributed by atoms with Crippen molar-refractivity contribution in [1.82, 2.24) is 9.97 Å². The SMILES string of the molecule is Nc1nc(Sc2cccc3ccccc23)nc2ccccc12. The number of anilines is 1. The second kappa shape index (κ2) is 5.31. The highest BCUT2D eigenvalue weighted by atomic mass is 32.2. The third-order valence-corrected chi connectivity index (χ3v) is 4.50. The summed E-state index contributed by atoms with van der Waals surface area (Å²) < 4.78 is 0. The van der Waals surface area contributed by atoms with Gasteiger partial charge in [0.25, 0.3) is 0 Å². The lowest BCUT2D eigenvalue weighted by Gasteiger charge is -2.07. The smallest absolute Gasteiger partial charge is 0.195 e. The van der Waals surface area contributed by atoms with Gasteiger partial charge >= 0.3 is 0 Å². The van der Waals surface area contributed by atoms with Gasteiger partial charge in [-0.25, -0.2) is 9.97 Å². The second-order valence-electron chi connectivity index (χ2n) is 4.99. The molecule has 0 unspecified atom stereocenters. The number of hydrogen-bond acceptors (Lipinski definition) is 4. The molecule has 4 rings (SSSR count). The fourth-order valence-corrected chi connectivity index (χ4v) is 3.43. The highest BCUT2D eigenvalue weighted by Gasteiger charge is 2.08. The number of hydrogen-bond donors (Lipinski definition) is 1. The molecule has 106 valence electrons. The Morgan fingerprint density at radius 2 is 1.45 bits per heavy atom. The fourth-order valence-electron chi connectivity index (χ4n) is 2.51. The van der Waals surface area contributed by atoms with Gasteiger partial charge in [-0.1, -0.05) is 48.5 Å². The van der Waals surface area contributed by atoms with Crippen LogP contribution in [0.2, 0.25) is 0 Å². The number of fused-ring (bicyclic) bond motifs is 2. The average Bonchev–Trinajstić information content (AvgIpc) is 2.55. The van der Waals surface area contributed by atoms with E-state index in [9.17, 15) is 0 Å². The van der Waals surface area contributed by atoms with Gasteiger partial charge in [0.1, 0.15) is 5.82 Å². The van der Waals surface area contributed by atoms with Gasteiger partial charge in [0.15, 0.2) is 5.16 Å². The summed E-state index contributed by atoms with van der Waals surface area (Å²) in [6.45, 7) is 0. The molecular formula is C18H13N3S. The first kappa shape index (κ1) is 13.1. The third kappa shape index (κ3) is 2.27. The number of nitrogen functional groups attached to an aromatic ring is 1. The summed E-state index contributed by atoms with van der Waals surface area (Å²) in [4.78, 5) is 10.2. The first-order chi connectivity index (χ1) is 10.8. The molecule has 0 fully saturated rings. The highest BCUT2D eigenvalue weighted by molar-refractivity contribution is 7.99. The zero-order valence-electron chi connectivity index (χ0n) is 11.7. The van der Waals surface area contributed by atoms with Crippen LogP contribution in [-0.2, 0) is 0 Å². The molecule has 0 amide bonds. The summed E-state index contributed by atoms with van der Waals surface area (Å²) in [5.74, 6) is 0.522. The van der Waals surface area contributed by atoms with Crippen molar-refractivity contribution in [2.75, 3.05) is 5.73 Å². The van der Waals surface area contributed by atoms with Crippen LogP contribution in [0.1, 0.15) is 0 Å². The standard InChI is InChI=1S/C18H13N3S/c19-17-14-9-3-4-10-15(14)20-18(21-17)22-16-11-5-7-12-6-1-2-8-13(12)16/h1-11H,(H2,19,20,21). The van der Waals surface area contributed by atoms with Crippen LogP contribution in [0.25, 0.3) is 21.7 Å². The lowest BCUT2D eigenvalue weighted by molar-refractivity contribution is 1.01. The first-order valence-electron chi connectivity index (χ1n) is 6.99. The predicted molar refractivity (Wildman–Crippen MR) is 92.0 cm³/mol. The van der Waals surface area contributed by atoms with E-state index in [0.717, 1.165) is 15.8 Å². The Kier molecular flexibility index (Phi) is 3.16. The number of para-hydroxylation sites is 1. The highest BCUT2D eigenvalue weighted by Crippen LogP contribution is 2.33. The zero-order valence-corrected chi connectivity index (χ0v) is 12.5. The van der Waals surface area contributed by atoms with Crippen LogP contribution >= 0.6 is 11.8 Å². The zero-order chi connectivity index (χ0) is 14.9. The Morgan fingerprint density at radius 1 is 0.727 bits per heavy atom. The van der Waals surface area contributed by atoms with Crippen molar-refractivity contribution in [3.63, 3.8) is 0 Å². The molecule has 0 aliphatic carbocycles. The minimum absolute atomic E-state index is 0.522. The van der Waals surface area contributed by atoms with Crippen molar-refractivity contribution in [2.24, 2.45) is 0 Å². The molecule has 0 radical (unpaired) electrons. The Balaban J connectivity index is 1.83. The lowest BCUT2D eigenvalue weighted by Crippen LogP contribution is -1.96. The number of nitrogens with zero attached hydrogens (tertiary/aromatic N) is 2. The Morgan fingerprint density at radius 3 is 2.36 bits per heavy atom.